The molecule has 0 spiro atoms. The molecule has 3 N–H and O–H groups in total. The number of hydrogen-bond donors (Lipinski definition) is 2. The molecule has 0 aliphatic rings. The number of thioether (sulfide) groups is 1. The summed E-state index contributed by atoms with van der Waals surface area (Å²) in [6.45, 7) is 0. The van der Waals surface area contributed by atoms with Crippen LogP contribution in [0.1, 0.15) is 16.5 Å². The van der Waals surface area contributed by atoms with Crippen molar-refractivity contribution in [2.75, 3.05) is 11.6 Å². The Kier molecular flexibility index (Phi) is 6.55. The molecule has 0 aliphatic heterocycles. The molecule has 2 aromatic carbocycles. The van der Waals surface area contributed by atoms with Gasteiger partial charge in [-0.15, -0.1) is 21.5 Å². The lowest BCUT2D eigenvalue weighted by molar-refractivity contribution is -0.119. The van der Waals surface area contributed by atoms with Gasteiger partial charge in [0, 0.05) is 15.5 Å². The first-order valence-electron chi connectivity index (χ1n) is 9.18. The molecule has 0 fully saturated rings. The fourth-order valence-corrected chi connectivity index (χ4v) is 4.53. The Hall–Kier alpha value is -2.88. The number of nitrogens with one attached hydrogen (secondary N) is 1. The van der Waals surface area contributed by atoms with Gasteiger partial charge in [0.2, 0.25) is 11.1 Å². The summed E-state index contributed by atoms with van der Waals surface area (Å²) in [5, 5.41) is 14.2. The third-order valence-electron chi connectivity index (χ3n) is 4.44. The van der Waals surface area contributed by atoms with Crippen molar-refractivity contribution < 1.29 is 9.18 Å². The zero-order valence-electron chi connectivity index (χ0n) is 16.0. The number of carbonyl (C=O) groups excluding carboxylic acids is 1. The summed E-state index contributed by atoms with van der Waals surface area (Å²) in [4.78, 5) is 13.6. The third kappa shape index (κ3) is 5.07. The van der Waals surface area contributed by atoms with Crippen molar-refractivity contribution in [3.8, 4) is 11.4 Å². The Morgan fingerprint density at radius 3 is 2.58 bits per heavy atom. The number of nitrogen functional groups attached to an aromatic ring is 1. The predicted molar refractivity (Wildman–Crippen MR) is 122 cm³/mol. The molecule has 1 amide bonds. The average molecular weight is 474 g/mol. The second kappa shape index (κ2) is 9.51. The summed E-state index contributed by atoms with van der Waals surface area (Å²) in [5.74, 6) is 6.16. The molecule has 31 heavy (non-hydrogen) atoms. The lowest BCUT2D eigenvalue weighted by Gasteiger charge is -2.18. The van der Waals surface area contributed by atoms with Crippen LogP contribution in [-0.4, -0.2) is 26.5 Å². The van der Waals surface area contributed by atoms with Crippen LogP contribution in [0.15, 0.2) is 71.2 Å². The summed E-state index contributed by atoms with van der Waals surface area (Å²) in [7, 11) is 0. The van der Waals surface area contributed by atoms with Crippen LogP contribution in [0.3, 0.4) is 0 Å². The first-order chi connectivity index (χ1) is 15.0. The van der Waals surface area contributed by atoms with E-state index in [1.54, 1.807) is 36.4 Å². The molecule has 0 aliphatic carbocycles. The van der Waals surface area contributed by atoms with Crippen molar-refractivity contribution >= 4 is 40.6 Å². The molecule has 158 valence electrons. The maximum Gasteiger partial charge on any atom is 0.231 e. The molecule has 2 heterocycles. The Labute approximate surface area is 191 Å². The van der Waals surface area contributed by atoms with Crippen LogP contribution in [0.25, 0.3) is 11.4 Å². The highest BCUT2D eigenvalue weighted by Crippen LogP contribution is 2.27. The molecule has 0 bridgehead atoms. The highest BCUT2D eigenvalue weighted by atomic mass is 35.5. The molecule has 10 heteroatoms. The number of carbonyl (C=O) groups is 1. The van der Waals surface area contributed by atoms with E-state index in [4.69, 9.17) is 17.4 Å². The van der Waals surface area contributed by atoms with Crippen LogP contribution < -0.4 is 11.2 Å². The average Bonchev–Trinajstić information content (AvgIpc) is 3.42. The van der Waals surface area contributed by atoms with Crippen molar-refractivity contribution in [1.29, 1.82) is 0 Å². The van der Waals surface area contributed by atoms with E-state index >= 15 is 0 Å². The van der Waals surface area contributed by atoms with Crippen LogP contribution in [-0.2, 0) is 4.79 Å². The Balaban J connectivity index is 1.44. The van der Waals surface area contributed by atoms with E-state index in [1.807, 2.05) is 17.5 Å². The maximum atomic E-state index is 13.3. The second-order valence-electron chi connectivity index (χ2n) is 6.54. The van der Waals surface area contributed by atoms with Crippen LogP contribution >= 0.6 is 34.7 Å². The van der Waals surface area contributed by atoms with Gasteiger partial charge in [0.05, 0.1) is 11.8 Å². The molecular formula is C21H17ClFN5OS2. The molecule has 4 aromatic rings. The van der Waals surface area contributed by atoms with Crippen molar-refractivity contribution in [3.05, 3.63) is 87.3 Å². The molecular weight excluding hydrogens is 457 g/mol. The number of rotatable bonds is 7. The lowest BCUT2D eigenvalue weighted by Crippen LogP contribution is -2.30. The summed E-state index contributed by atoms with van der Waals surface area (Å²) >= 11 is 8.62. The minimum Gasteiger partial charge on any atom is -0.344 e. The molecule has 2 aromatic heterocycles. The number of hydrogen-bond acceptors (Lipinski definition) is 6. The van der Waals surface area contributed by atoms with Gasteiger partial charge in [-0.2, -0.15) is 0 Å². The van der Waals surface area contributed by atoms with Gasteiger partial charge in [0.1, 0.15) is 5.82 Å². The van der Waals surface area contributed by atoms with Gasteiger partial charge in [-0.05, 0) is 53.4 Å². The topological polar surface area (TPSA) is 85.8 Å². The van der Waals surface area contributed by atoms with Gasteiger partial charge >= 0.3 is 0 Å². The van der Waals surface area contributed by atoms with E-state index < -0.39 is 0 Å². The molecule has 0 saturated carbocycles. The zero-order valence-corrected chi connectivity index (χ0v) is 18.4. The number of aromatic nitrogens is 3. The predicted octanol–water partition coefficient (Wildman–Crippen LogP) is 4.51. The summed E-state index contributed by atoms with van der Waals surface area (Å²) in [6.07, 6.45) is 0. The first kappa shape index (κ1) is 21.4. The highest BCUT2D eigenvalue weighted by Gasteiger charge is 2.19. The number of nitrogens with zero attached hydrogens (tertiary/aromatic N) is 3. The summed E-state index contributed by atoms with van der Waals surface area (Å²) < 4.78 is 14.7. The maximum absolute atomic E-state index is 13.3. The number of thiophene rings is 1. The minimum atomic E-state index is -0.367. The normalized spacial score (nSPS) is 11.9. The van der Waals surface area contributed by atoms with Crippen molar-refractivity contribution in [2.45, 2.75) is 11.2 Å². The summed E-state index contributed by atoms with van der Waals surface area (Å²) in [5.41, 5.74) is 1.57. The van der Waals surface area contributed by atoms with Gasteiger partial charge in [-0.3, -0.25) is 4.79 Å². The van der Waals surface area contributed by atoms with Gasteiger partial charge in [0.25, 0.3) is 0 Å². The smallest absolute Gasteiger partial charge is 0.231 e. The van der Waals surface area contributed by atoms with Gasteiger partial charge < -0.3 is 11.2 Å². The second-order valence-corrected chi connectivity index (χ2v) is 8.90. The van der Waals surface area contributed by atoms with Gasteiger partial charge in [-0.1, -0.05) is 41.6 Å². The van der Waals surface area contributed by atoms with E-state index in [0.717, 1.165) is 16.0 Å². The molecule has 0 saturated heterocycles. The molecule has 4 rings (SSSR count). The number of amides is 1. The molecule has 1 atom stereocenters. The van der Waals surface area contributed by atoms with E-state index in [2.05, 4.69) is 15.5 Å². The van der Waals surface area contributed by atoms with Crippen molar-refractivity contribution in [3.63, 3.8) is 0 Å². The van der Waals surface area contributed by atoms with Crippen LogP contribution in [0.2, 0.25) is 5.02 Å². The summed E-state index contributed by atoms with van der Waals surface area (Å²) in [6, 6.07) is 16.7. The Bertz CT molecular complexity index is 1160. The van der Waals surface area contributed by atoms with Crippen molar-refractivity contribution in [2.24, 2.45) is 0 Å². The third-order valence-corrected chi connectivity index (χ3v) is 6.57. The van der Waals surface area contributed by atoms with E-state index in [-0.39, 0.29) is 23.5 Å². The Morgan fingerprint density at radius 1 is 1.16 bits per heavy atom. The SMILES string of the molecule is Nn1c(SCC(=O)NC(c2ccc(F)cc2)c2cccs2)nnc1-c1ccc(Cl)cc1. The number of halogens is 2. The van der Waals surface area contributed by atoms with Crippen LogP contribution in [0.5, 0.6) is 0 Å². The number of nitrogens with two attached hydrogens (primary N) is 1. The fourth-order valence-electron chi connectivity index (χ4n) is 2.93. The highest BCUT2D eigenvalue weighted by molar-refractivity contribution is 7.99. The van der Waals surface area contributed by atoms with Crippen LogP contribution in [0, 0.1) is 5.82 Å². The lowest BCUT2D eigenvalue weighted by atomic mass is 10.1. The first-order valence-corrected chi connectivity index (χ1v) is 11.4. The quantitative estimate of drug-likeness (QED) is 0.304. The molecule has 1 unspecified atom stereocenters. The zero-order chi connectivity index (χ0) is 21.8. The number of benzene rings is 2. The monoisotopic (exact) mass is 473 g/mol. The minimum absolute atomic E-state index is 0.0963. The van der Waals surface area contributed by atoms with Crippen LogP contribution in [0.4, 0.5) is 4.39 Å². The largest absolute Gasteiger partial charge is 0.344 e. The fraction of sp³-hybridized carbons (Fsp3) is 0.0952. The van der Waals surface area contributed by atoms with E-state index in [0.29, 0.717) is 16.0 Å². The van der Waals surface area contributed by atoms with E-state index in [1.165, 1.54) is 39.9 Å². The van der Waals surface area contributed by atoms with Gasteiger partial charge in [0.15, 0.2) is 5.82 Å². The van der Waals surface area contributed by atoms with Crippen molar-refractivity contribution in [1.82, 2.24) is 20.2 Å². The van der Waals surface area contributed by atoms with E-state index in [9.17, 15) is 9.18 Å². The standard InChI is InChI=1S/C21H17ClFN5OS2/c22-15-7-3-14(4-8-15)20-26-27-21(28(20)24)31-12-18(29)25-19(17-2-1-11-30-17)13-5-9-16(23)10-6-13/h1-11,19H,12,24H2,(H,25,29). The molecule has 6 nitrogen and oxygen atoms in total. The van der Waals surface area contributed by atoms with Gasteiger partial charge in [-0.25, -0.2) is 9.07 Å². The molecule has 0 radical (unpaired) electrons. The Morgan fingerprint density at radius 2 is 1.90 bits per heavy atom.